The van der Waals surface area contributed by atoms with Crippen LogP contribution >= 0.6 is 0 Å². The summed E-state index contributed by atoms with van der Waals surface area (Å²) >= 11 is 0. The maximum atomic E-state index is 11.8. The Morgan fingerprint density at radius 2 is 2.07 bits per heavy atom. The fourth-order valence-electron chi connectivity index (χ4n) is 1.96. The zero-order chi connectivity index (χ0) is 11.2. The van der Waals surface area contributed by atoms with E-state index in [2.05, 4.69) is 0 Å². The highest BCUT2D eigenvalue weighted by atomic mass is 16.6. The third-order valence-electron chi connectivity index (χ3n) is 2.80. The molecule has 2 heterocycles. The Hall–Kier alpha value is -0.770. The van der Waals surface area contributed by atoms with Crippen LogP contribution in [-0.2, 0) is 9.47 Å². The first kappa shape index (κ1) is 10.7. The normalized spacial score (nSPS) is 34.7. The van der Waals surface area contributed by atoms with Gasteiger partial charge in [-0.05, 0) is 34.1 Å². The summed E-state index contributed by atoms with van der Waals surface area (Å²) in [6, 6.07) is 0.226. The Kier molecular flexibility index (Phi) is 2.41. The summed E-state index contributed by atoms with van der Waals surface area (Å²) in [5.74, 6) is 0. The molecular weight excluding hydrogens is 194 g/mol. The van der Waals surface area contributed by atoms with Crippen LogP contribution in [0.2, 0.25) is 0 Å². The SMILES string of the molecule is C[C@@H]1C[C@@H]2O[C@@H]2CN1C(=O)OC(C)(C)C. The van der Waals surface area contributed by atoms with Crippen molar-refractivity contribution >= 4 is 6.09 Å². The molecule has 0 saturated carbocycles. The monoisotopic (exact) mass is 213 g/mol. The molecule has 2 saturated heterocycles. The number of piperidine rings is 1. The lowest BCUT2D eigenvalue weighted by Gasteiger charge is -2.33. The molecule has 0 spiro atoms. The quantitative estimate of drug-likeness (QED) is 0.576. The van der Waals surface area contributed by atoms with Crippen molar-refractivity contribution in [2.24, 2.45) is 0 Å². The van der Waals surface area contributed by atoms with E-state index >= 15 is 0 Å². The van der Waals surface area contributed by atoms with Gasteiger partial charge in [-0.2, -0.15) is 0 Å². The van der Waals surface area contributed by atoms with E-state index < -0.39 is 5.60 Å². The number of nitrogens with zero attached hydrogens (tertiary/aromatic N) is 1. The lowest BCUT2D eigenvalue weighted by molar-refractivity contribution is 0.0142. The zero-order valence-corrected chi connectivity index (χ0v) is 9.82. The highest BCUT2D eigenvalue weighted by Gasteiger charge is 2.48. The van der Waals surface area contributed by atoms with Gasteiger partial charge in [0.15, 0.2) is 0 Å². The second-order valence-corrected chi connectivity index (χ2v) is 5.43. The highest BCUT2D eigenvalue weighted by Crippen LogP contribution is 2.34. The van der Waals surface area contributed by atoms with Gasteiger partial charge >= 0.3 is 6.09 Å². The number of hydrogen-bond donors (Lipinski definition) is 0. The molecule has 0 bridgehead atoms. The van der Waals surface area contributed by atoms with Crippen LogP contribution in [-0.4, -0.2) is 41.4 Å². The molecule has 4 nitrogen and oxygen atoms in total. The maximum Gasteiger partial charge on any atom is 0.410 e. The number of fused-ring (bicyclic) bond motifs is 1. The van der Waals surface area contributed by atoms with E-state index in [1.165, 1.54) is 0 Å². The molecule has 2 aliphatic rings. The third-order valence-corrected chi connectivity index (χ3v) is 2.80. The average molecular weight is 213 g/mol. The second kappa shape index (κ2) is 3.37. The van der Waals surface area contributed by atoms with Crippen molar-refractivity contribution in [3.8, 4) is 0 Å². The fraction of sp³-hybridized carbons (Fsp3) is 0.909. The molecule has 0 radical (unpaired) electrons. The van der Waals surface area contributed by atoms with E-state index in [1.54, 1.807) is 4.90 Å². The van der Waals surface area contributed by atoms with Crippen LogP contribution in [0.1, 0.15) is 34.1 Å². The van der Waals surface area contributed by atoms with Crippen molar-refractivity contribution in [3.05, 3.63) is 0 Å². The van der Waals surface area contributed by atoms with Crippen LogP contribution in [0.3, 0.4) is 0 Å². The van der Waals surface area contributed by atoms with Crippen molar-refractivity contribution in [1.29, 1.82) is 0 Å². The number of likely N-dealkylation sites (tertiary alicyclic amines) is 1. The van der Waals surface area contributed by atoms with Gasteiger partial charge in [-0.3, -0.25) is 0 Å². The maximum absolute atomic E-state index is 11.8. The van der Waals surface area contributed by atoms with Gasteiger partial charge in [-0.1, -0.05) is 0 Å². The van der Waals surface area contributed by atoms with Gasteiger partial charge in [0.2, 0.25) is 0 Å². The Morgan fingerprint density at radius 3 is 2.67 bits per heavy atom. The standard InChI is InChI=1S/C11H19NO3/c1-7-5-8-9(14-8)6-12(7)10(13)15-11(2,3)4/h7-9H,5-6H2,1-4H3/t7-,8+,9-/m1/s1. The molecule has 0 aromatic heterocycles. The number of rotatable bonds is 0. The number of carbonyl (C=O) groups excluding carboxylic acids is 1. The Bertz CT molecular complexity index is 271. The molecule has 0 aliphatic carbocycles. The Labute approximate surface area is 90.5 Å². The third kappa shape index (κ3) is 2.43. The van der Waals surface area contributed by atoms with Crippen LogP contribution in [0, 0.1) is 0 Å². The average Bonchev–Trinajstić information content (AvgIpc) is 2.76. The van der Waals surface area contributed by atoms with E-state index in [0.717, 1.165) is 6.42 Å². The van der Waals surface area contributed by atoms with Gasteiger partial charge < -0.3 is 14.4 Å². The first-order valence-corrected chi connectivity index (χ1v) is 5.52. The smallest absolute Gasteiger partial charge is 0.410 e. The molecule has 0 aromatic carbocycles. The molecule has 2 aliphatic heterocycles. The molecule has 4 heteroatoms. The second-order valence-electron chi connectivity index (χ2n) is 5.43. The molecule has 15 heavy (non-hydrogen) atoms. The van der Waals surface area contributed by atoms with Gasteiger partial charge in [0, 0.05) is 6.04 Å². The Morgan fingerprint density at radius 1 is 1.40 bits per heavy atom. The van der Waals surface area contributed by atoms with Crippen molar-refractivity contribution in [2.75, 3.05) is 6.54 Å². The molecule has 3 atom stereocenters. The fourth-order valence-corrected chi connectivity index (χ4v) is 1.96. The minimum absolute atomic E-state index is 0.219. The Balaban J connectivity index is 1.94. The summed E-state index contributed by atoms with van der Waals surface area (Å²) in [6.45, 7) is 8.38. The summed E-state index contributed by atoms with van der Waals surface area (Å²) < 4.78 is 10.8. The molecule has 0 N–H and O–H groups in total. The number of epoxide rings is 1. The summed E-state index contributed by atoms with van der Waals surface area (Å²) in [6.07, 6.45) is 1.36. The summed E-state index contributed by atoms with van der Waals surface area (Å²) in [5, 5.41) is 0. The summed E-state index contributed by atoms with van der Waals surface area (Å²) in [5.41, 5.74) is -0.419. The van der Waals surface area contributed by atoms with Crippen molar-refractivity contribution < 1.29 is 14.3 Å². The number of carbonyl (C=O) groups is 1. The van der Waals surface area contributed by atoms with Crippen molar-refractivity contribution in [3.63, 3.8) is 0 Å². The lowest BCUT2D eigenvalue weighted by atomic mass is 10.0. The summed E-state index contributed by atoms with van der Waals surface area (Å²) in [7, 11) is 0. The molecular formula is C11H19NO3. The van der Waals surface area contributed by atoms with Crippen LogP contribution in [0.25, 0.3) is 0 Å². The minimum Gasteiger partial charge on any atom is -0.444 e. The highest BCUT2D eigenvalue weighted by molar-refractivity contribution is 5.68. The van der Waals surface area contributed by atoms with Gasteiger partial charge in [-0.25, -0.2) is 4.79 Å². The predicted octanol–water partition coefficient (Wildman–Crippen LogP) is 1.78. The molecule has 1 amide bonds. The van der Waals surface area contributed by atoms with E-state index in [1.807, 2.05) is 27.7 Å². The van der Waals surface area contributed by atoms with Crippen molar-refractivity contribution in [1.82, 2.24) is 4.90 Å². The molecule has 2 fully saturated rings. The van der Waals surface area contributed by atoms with E-state index in [0.29, 0.717) is 12.6 Å². The van der Waals surface area contributed by atoms with Gasteiger partial charge in [0.1, 0.15) is 11.7 Å². The van der Waals surface area contributed by atoms with Gasteiger partial charge in [0.05, 0.1) is 12.6 Å². The van der Waals surface area contributed by atoms with Crippen LogP contribution in [0.5, 0.6) is 0 Å². The van der Waals surface area contributed by atoms with Gasteiger partial charge in [0.25, 0.3) is 0 Å². The predicted molar refractivity (Wildman–Crippen MR) is 55.7 cm³/mol. The van der Waals surface area contributed by atoms with E-state index in [9.17, 15) is 4.79 Å². The van der Waals surface area contributed by atoms with Crippen LogP contribution < -0.4 is 0 Å². The number of amides is 1. The molecule has 0 aromatic rings. The molecule has 86 valence electrons. The number of hydrogen-bond acceptors (Lipinski definition) is 3. The largest absolute Gasteiger partial charge is 0.444 e. The van der Waals surface area contributed by atoms with Crippen LogP contribution in [0.15, 0.2) is 0 Å². The van der Waals surface area contributed by atoms with Crippen LogP contribution in [0.4, 0.5) is 4.79 Å². The first-order chi connectivity index (χ1) is 6.87. The lowest BCUT2D eigenvalue weighted by Crippen LogP contribution is -2.47. The number of ether oxygens (including phenoxy) is 2. The molecule has 2 rings (SSSR count). The first-order valence-electron chi connectivity index (χ1n) is 5.52. The van der Waals surface area contributed by atoms with Crippen molar-refractivity contribution in [2.45, 2.75) is 58.0 Å². The topological polar surface area (TPSA) is 42.1 Å². The van der Waals surface area contributed by atoms with E-state index in [-0.39, 0.29) is 18.2 Å². The summed E-state index contributed by atoms with van der Waals surface area (Å²) in [4.78, 5) is 13.6. The van der Waals surface area contributed by atoms with E-state index in [4.69, 9.17) is 9.47 Å². The minimum atomic E-state index is -0.419. The van der Waals surface area contributed by atoms with Gasteiger partial charge in [-0.15, -0.1) is 0 Å². The zero-order valence-electron chi connectivity index (χ0n) is 9.82. The molecule has 0 unspecified atom stereocenters.